The Morgan fingerprint density at radius 2 is 1.97 bits per heavy atom. The van der Waals surface area contributed by atoms with Gasteiger partial charge in [0, 0.05) is 36.3 Å². The second-order valence-electron chi connectivity index (χ2n) is 7.19. The van der Waals surface area contributed by atoms with Crippen LogP contribution in [0.25, 0.3) is 28.2 Å². The summed E-state index contributed by atoms with van der Waals surface area (Å²) in [6.45, 7) is 4.44. The maximum atomic E-state index is 11.8. The molecule has 3 aromatic heterocycles. The Balaban J connectivity index is 1.73. The zero-order valence-electron chi connectivity index (χ0n) is 16.4. The van der Waals surface area contributed by atoms with Gasteiger partial charge in [-0.25, -0.2) is 14.5 Å². The van der Waals surface area contributed by atoms with Gasteiger partial charge in [-0.05, 0) is 17.5 Å². The quantitative estimate of drug-likeness (QED) is 0.473. The van der Waals surface area contributed by atoms with E-state index in [1.165, 1.54) is 0 Å². The molecule has 0 unspecified atom stereocenters. The molecule has 0 bridgehead atoms. The number of nitrogens with two attached hydrogens (primary N) is 1. The van der Waals surface area contributed by atoms with Gasteiger partial charge < -0.3 is 10.7 Å². The van der Waals surface area contributed by atoms with E-state index in [1.807, 2.05) is 44.3 Å². The molecule has 4 rings (SSSR count). The largest absolute Gasteiger partial charge is 0.345 e. The van der Waals surface area contributed by atoms with E-state index in [9.17, 15) is 4.79 Å². The number of aromatic nitrogens is 5. The molecule has 4 aromatic rings. The van der Waals surface area contributed by atoms with Crippen molar-refractivity contribution in [1.29, 1.82) is 0 Å². The van der Waals surface area contributed by atoms with Crippen molar-refractivity contribution < 1.29 is 4.79 Å². The number of aromatic amines is 1. The highest BCUT2D eigenvalue weighted by molar-refractivity contribution is 5.81. The Morgan fingerprint density at radius 1 is 1.21 bits per heavy atom. The van der Waals surface area contributed by atoms with E-state index in [0.717, 1.165) is 28.9 Å². The first-order chi connectivity index (χ1) is 14.1. The van der Waals surface area contributed by atoms with Crippen LogP contribution in [0.4, 0.5) is 5.82 Å². The fourth-order valence-corrected chi connectivity index (χ4v) is 3.45. The summed E-state index contributed by atoms with van der Waals surface area (Å²) in [5, 5.41) is 4.40. The third-order valence-corrected chi connectivity index (χ3v) is 5.07. The summed E-state index contributed by atoms with van der Waals surface area (Å²) in [5.74, 6) is 1.59. The molecule has 29 heavy (non-hydrogen) atoms. The maximum Gasteiger partial charge on any atom is 0.215 e. The van der Waals surface area contributed by atoms with Crippen molar-refractivity contribution in [3.8, 4) is 22.5 Å². The summed E-state index contributed by atoms with van der Waals surface area (Å²) in [5.41, 5.74) is 9.45. The zero-order valence-corrected chi connectivity index (χ0v) is 16.4. The summed E-state index contributed by atoms with van der Waals surface area (Å²) >= 11 is 0. The van der Waals surface area contributed by atoms with Crippen molar-refractivity contribution >= 4 is 17.9 Å². The standard InChI is InChI=1S/C21H23N7O/c1-14(2)18(11-22)27(13-29)19-7-10-28-21(26-19)17(12-25-28)15-3-5-16(6-4-15)20-23-8-9-24-20/h3-10,12-14,18H,11,22H2,1-2H3,(H,23,24)/t18-/m1/s1. The first kappa shape index (κ1) is 18.8. The molecule has 0 aliphatic heterocycles. The number of anilines is 1. The molecule has 0 aliphatic carbocycles. The number of hydrogen-bond acceptors (Lipinski definition) is 5. The fourth-order valence-electron chi connectivity index (χ4n) is 3.45. The minimum atomic E-state index is -0.124. The molecule has 1 atom stereocenters. The molecule has 0 aliphatic rings. The van der Waals surface area contributed by atoms with Crippen molar-refractivity contribution in [2.45, 2.75) is 19.9 Å². The Bertz CT molecular complexity index is 1100. The second-order valence-corrected chi connectivity index (χ2v) is 7.19. The average molecular weight is 389 g/mol. The van der Waals surface area contributed by atoms with E-state index in [2.05, 4.69) is 15.1 Å². The lowest BCUT2D eigenvalue weighted by Crippen LogP contribution is -2.44. The number of nitrogens with one attached hydrogen (secondary N) is 1. The van der Waals surface area contributed by atoms with Gasteiger partial charge in [0.2, 0.25) is 6.41 Å². The summed E-state index contributed by atoms with van der Waals surface area (Å²) in [4.78, 5) is 25.5. The Kier molecular flexibility index (Phi) is 5.09. The van der Waals surface area contributed by atoms with Gasteiger partial charge in [0.1, 0.15) is 11.6 Å². The monoisotopic (exact) mass is 389 g/mol. The van der Waals surface area contributed by atoms with Crippen LogP contribution >= 0.6 is 0 Å². The molecule has 0 saturated heterocycles. The minimum absolute atomic E-state index is 0.124. The smallest absolute Gasteiger partial charge is 0.215 e. The first-order valence-electron chi connectivity index (χ1n) is 9.50. The third-order valence-electron chi connectivity index (χ3n) is 5.07. The number of carbonyl (C=O) groups is 1. The number of carbonyl (C=O) groups excluding carboxylic acids is 1. The van der Waals surface area contributed by atoms with Crippen LogP contribution in [0.15, 0.2) is 55.1 Å². The van der Waals surface area contributed by atoms with Crippen LogP contribution in [-0.4, -0.2) is 43.6 Å². The van der Waals surface area contributed by atoms with E-state index in [4.69, 9.17) is 10.7 Å². The summed E-state index contributed by atoms with van der Waals surface area (Å²) < 4.78 is 1.70. The molecule has 0 fully saturated rings. The number of rotatable bonds is 7. The third kappa shape index (κ3) is 3.50. The summed E-state index contributed by atoms with van der Waals surface area (Å²) in [6, 6.07) is 9.69. The fraction of sp³-hybridized carbons (Fsp3) is 0.238. The number of hydrogen-bond donors (Lipinski definition) is 2. The van der Waals surface area contributed by atoms with E-state index >= 15 is 0 Å². The van der Waals surface area contributed by atoms with Gasteiger partial charge in [0.15, 0.2) is 5.65 Å². The number of amides is 1. The topological polar surface area (TPSA) is 105 Å². The normalized spacial score (nSPS) is 12.4. The average Bonchev–Trinajstić information content (AvgIpc) is 3.41. The zero-order chi connectivity index (χ0) is 20.4. The van der Waals surface area contributed by atoms with Gasteiger partial charge in [-0.3, -0.25) is 9.69 Å². The lowest BCUT2D eigenvalue weighted by molar-refractivity contribution is -0.108. The van der Waals surface area contributed by atoms with Crippen LogP contribution in [0.1, 0.15) is 13.8 Å². The van der Waals surface area contributed by atoms with Crippen molar-refractivity contribution in [2.75, 3.05) is 11.4 Å². The molecular weight excluding hydrogens is 366 g/mol. The number of benzene rings is 1. The van der Waals surface area contributed by atoms with Crippen LogP contribution in [0, 0.1) is 5.92 Å². The van der Waals surface area contributed by atoms with Crippen molar-refractivity contribution in [3.05, 3.63) is 55.1 Å². The number of nitrogens with zero attached hydrogens (tertiary/aromatic N) is 5. The van der Waals surface area contributed by atoms with E-state index < -0.39 is 0 Å². The number of imidazole rings is 1. The molecule has 0 saturated carbocycles. The van der Waals surface area contributed by atoms with Gasteiger partial charge in [0.05, 0.1) is 12.2 Å². The van der Waals surface area contributed by atoms with E-state index in [-0.39, 0.29) is 12.0 Å². The Morgan fingerprint density at radius 3 is 2.59 bits per heavy atom. The van der Waals surface area contributed by atoms with Crippen LogP contribution in [0.5, 0.6) is 0 Å². The molecule has 0 spiro atoms. The van der Waals surface area contributed by atoms with Crippen LogP contribution in [0.2, 0.25) is 0 Å². The minimum Gasteiger partial charge on any atom is -0.345 e. The predicted molar refractivity (Wildman–Crippen MR) is 112 cm³/mol. The highest BCUT2D eigenvalue weighted by atomic mass is 16.1. The Labute approximate surface area is 168 Å². The number of fused-ring (bicyclic) bond motifs is 1. The highest BCUT2D eigenvalue weighted by Gasteiger charge is 2.22. The Hall–Kier alpha value is -3.52. The highest BCUT2D eigenvalue weighted by Crippen LogP contribution is 2.27. The van der Waals surface area contributed by atoms with Crippen LogP contribution < -0.4 is 10.6 Å². The van der Waals surface area contributed by atoms with Crippen molar-refractivity contribution in [1.82, 2.24) is 24.6 Å². The predicted octanol–water partition coefficient (Wildman–Crippen LogP) is 2.73. The van der Waals surface area contributed by atoms with Gasteiger partial charge in [-0.2, -0.15) is 5.10 Å². The summed E-state index contributed by atoms with van der Waals surface area (Å²) in [6.07, 6.45) is 7.91. The second kappa shape index (κ2) is 7.84. The molecule has 1 aromatic carbocycles. The maximum absolute atomic E-state index is 11.8. The van der Waals surface area contributed by atoms with Gasteiger partial charge in [-0.1, -0.05) is 38.1 Å². The molecule has 8 nitrogen and oxygen atoms in total. The lowest BCUT2D eigenvalue weighted by Gasteiger charge is -2.29. The molecule has 1 amide bonds. The van der Waals surface area contributed by atoms with Gasteiger partial charge >= 0.3 is 0 Å². The van der Waals surface area contributed by atoms with Crippen LogP contribution in [-0.2, 0) is 4.79 Å². The molecule has 0 radical (unpaired) electrons. The van der Waals surface area contributed by atoms with E-state index in [0.29, 0.717) is 18.0 Å². The van der Waals surface area contributed by atoms with Gasteiger partial charge in [-0.15, -0.1) is 0 Å². The molecule has 148 valence electrons. The lowest BCUT2D eigenvalue weighted by atomic mass is 10.0. The first-order valence-corrected chi connectivity index (χ1v) is 9.50. The van der Waals surface area contributed by atoms with E-state index in [1.54, 1.807) is 34.1 Å². The summed E-state index contributed by atoms with van der Waals surface area (Å²) in [7, 11) is 0. The molecule has 3 N–H and O–H groups in total. The van der Waals surface area contributed by atoms with Crippen LogP contribution in [0.3, 0.4) is 0 Å². The molecule has 3 heterocycles. The molecule has 8 heteroatoms. The van der Waals surface area contributed by atoms with Crippen molar-refractivity contribution in [2.24, 2.45) is 11.7 Å². The van der Waals surface area contributed by atoms with Crippen molar-refractivity contribution in [3.63, 3.8) is 0 Å². The SMILES string of the molecule is CC(C)[C@@H](CN)N(C=O)c1ccn2ncc(-c3ccc(-c4ncc[nH]4)cc3)c2n1. The molecular formula is C21H23N7O. The number of H-pyrrole nitrogens is 1. The van der Waals surface area contributed by atoms with Gasteiger partial charge in [0.25, 0.3) is 0 Å².